The van der Waals surface area contributed by atoms with Crippen LogP contribution in [-0.2, 0) is 9.84 Å². The van der Waals surface area contributed by atoms with Crippen LogP contribution in [0.25, 0.3) is 0 Å². The Kier molecular flexibility index (Phi) is 3.42. The van der Waals surface area contributed by atoms with Crippen molar-refractivity contribution in [2.75, 3.05) is 6.79 Å². The number of rotatable bonds is 3. The molecule has 0 aliphatic carbocycles. The summed E-state index contributed by atoms with van der Waals surface area (Å²) in [6, 6.07) is 9.30. The first-order valence-electron chi connectivity index (χ1n) is 3.25. The predicted molar refractivity (Wildman–Crippen MR) is 43.4 cm³/mol. The van der Waals surface area contributed by atoms with E-state index in [-0.39, 0.29) is 0 Å². The van der Waals surface area contributed by atoms with Gasteiger partial charge in [-0.25, -0.2) is 5.11 Å². The molecule has 0 aromatic heterocycles. The number of ether oxygens (including phenoxy) is 1. The highest BCUT2D eigenvalue weighted by atomic mass is 32.1. The largest absolute Gasteiger partial charge is 0.333 e. The molecule has 0 bridgehead atoms. The topological polar surface area (TPSA) is 29.1 Å². The molecule has 2 nitrogen and oxygen atoms in total. The normalized spacial score (nSPS) is 12.9. The van der Waals surface area contributed by atoms with Crippen LogP contribution in [0.4, 0.5) is 0 Å². The van der Waals surface area contributed by atoms with Crippen LogP contribution in [0.3, 0.4) is 0 Å². The Labute approximate surface area is 71.2 Å². The van der Waals surface area contributed by atoms with Gasteiger partial charge in [-0.3, -0.25) is 0 Å². The van der Waals surface area contributed by atoms with E-state index in [0.29, 0.717) is 0 Å². The molecule has 0 saturated carbocycles. The minimum atomic E-state index is -0.580. The van der Waals surface area contributed by atoms with E-state index in [2.05, 4.69) is 4.74 Å². The molecule has 1 aromatic rings. The second-order valence-corrected chi connectivity index (χ2v) is 2.46. The SMILES string of the molecule is [O]COC([S])c1ccccc1. The first-order valence-corrected chi connectivity index (χ1v) is 3.72. The Morgan fingerprint density at radius 3 is 2.55 bits per heavy atom. The summed E-state index contributed by atoms with van der Waals surface area (Å²) < 4.78 is 4.69. The van der Waals surface area contributed by atoms with Crippen LogP contribution in [0.15, 0.2) is 30.3 Å². The van der Waals surface area contributed by atoms with E-state index in [9.17, 15) is 5.11 Å². The smallest absolute Gasteiger partial charge is 0.182 e. The Bertz CT molecular complexity index is 201. The molecule has 0 N–H and O–H groups in total. The lowest BCUT2D eigenvalue weighted by Crippen LogP contribution is -1.96. The molecule has 2 radical (unpaired) electrons. The maximum Gasteiger partial charge on any atom is 0.182 e. The fourth-order valence-electron chi connectivity index (χ4n) is 0.768. The summed E-state index contributed by atoms with van der Waals surface area (Å²) in [7, 11) is 0. The predicted octanol–water partition coefficient (Wildman–Crippen LogP) is 2.29. The quantitative estimate of drug-likeness (QED) is 0.636. The van der Waals surface area contributed by atoms with Crippen molar-refractivity contribution in [1.29, 1.82) is 0 Å². The lowest BCUT2D eigenvalue weighted by Gasteiger charge is -2.07. The van der Waals surface area contributed by atoms with Crippen molar-refractivity contribution in [2.45, 2.75) is 5.44 Å². The molecule has 1 aromatic carbocycles. The Balaban J connectivity index is 2.61. The molecule has 1 atom stereocenters. The molecular formula is C8H8O2S. The van der Waals surface area contributed by atoms with Crippen LogP contribution < -0.4 is 0 Å². The first kappa shape index (κ1) is 8.59. The zero-order valence-corrected chi connectivity index (χ0v) is 6.71. The van der Waals surface area contributed by atoms with Gasteiger partial charge in [0, 0.05) is 0 Å². The number of hydrogen-bond donors (Lipinski definition) is 0. The van der Waals surface area contributed by atoms with Gasteiger partial charge in [0.05, 0.1) is 0 Å². The third-order valence-electron chi connectivity index (χ3n) is 1.29. The van der Waals surface area contributed by atoms with E-state index in [0.717, 1.165) is 5.56 Å². The van der Waals surface area contributed by atoms with Gasteiger partial charge in [0.1, 0.15) is 5.44 Å². The standard InChI is InChI=1S/C8H8O2S/c9-6-10-8(11)7-4-2-1-3-5-7/h1-5,8H,6H2. The van der Waals surface area contributed by atoms with Crippen molar-refractivity contribution in [2.24, 2.45) is 0 Å². The van der Waals surface area contributed by atoms with E-state index in [4.69, 9.17) is 12.6 Å². The monoisotopic (exact) mass is 168 g/mol. The minimum Gasteiger partial charge on any atom is -0.333 e. The molecule has 0 amide bonds. The van der Waals surface area contributed by atoms with Crippen LogP contribution in [0, 0.1) is 0 Å². The molecular weight excluding hydrogens is 160 g/mol. The molecule has 0 aliphatic rings. The van der Waals surface area contributed by atoms with Gasteiger partial charge in [-0.2, -0.15) is 0 Å². The summed E-state index contributed by atoms with van der Waals surface area (Å²) in [6.07, 6.45) is 0. The van der Waals surface area contributed by atoms with Crippen molar-refractivity contribution in [3.63, 3.8) is 0 Å². The highest BCUT2D eigenvalue weighted by Gasteiger charge is 2.04. The van der Waals surface area contributed by atoms with Crippen LogP contribution in [-0.4, -0.2) is 6.79 Å². The molecule has 3 heteroatoms. The summed E-state index contributed by atoms with van der Waals surface area (Å²) in [5.41, 5.74) is 0.354. The van der Waals surface area contributed by atoms with E-state index >= 15 is 0 Å². The van der Waals surface area contributed by atoms with Gasteiger partial charge in [0.15, 0.2) is 6.79 Å². The summed E-state index contributed by atoms with van der Waals surface area (Å²) in [5.74, 6) is 0. The average molecular weight is 168 g/mol. The van der Waals surface area contributed by atoms with Gasteiger partial charge >= 0.3 is 0 Å². The Morgan fingerprint density at radius 2 is 2.00 bits per heavy atom. The summed E-state index contributed by atoms with van der Waals surface area (Å²) in [6.45, 7) is -0.580. The first-order chi connectivity index (χ1) is 5.34. The summed E-state index contributed by atoms with van der Waals surface area (Å²) in [5, 5.41) is 10.0. The highest BCUT2D eigenvalue weighted by Crippen LogP contribution is 2.19. The molecule has 0 spiro atoms. The fraction of sp³-hybridized carbons (Fsp3) is 0.250. The van der Waals surface area contributed by atoms with Crippen molar-refractivity contribution in [3.05, 3.63) is 35.9 Å². The molecule has 0 saturated heterocycles. The average Bonchev–Trinajstić information content (AvgIpc) is 2.07. The number of benzene rings is 1. The minimum absolute atomic E-state index is 0.506. The van der Waals surface area contributed by atoms with E-state index in [1.165, 1.54) is 0 Å². The Morgan fingerprint density at radius 1 is 1.36 bits per heavy atom. The fourth-order valence-corrected chi connectivity index (χ4v) is 0.981. The molecule has 1 rings (SSSR count). The molecule has 0 heterocycles. The van der Waals surface area contributed by atoms with Crippen LogP contribution in [0.1, 0.15) is 11.0 Å². The molecule has 0 fully saturated rings. The van der Waals surface area contributed by atoms with Gasteiger partial charge in [-0.1, -0.05) is 43.0 Å². The summed E-state index contributed by atoms with van der Waals surface area (Å²) >= 11 is 4.88. The second-order valence-electron chi connectivity index (χ2n) is 2.03. The zero-order chi connectivity index (χ0) is 8.10. The highest BCUT2D eigenvalue weighted by molar-refractivity contribution is 7.80. The van der Waals surface area contributed by atoms with E-state index < -0.39 is 12.2 Å². The number of hydrogen-bond acceptors (Lipinski definition) is 1. The van der Waals surface area contributed by atoms with Crippen LogP contribution in [0.2, 0.25) is 0 Å². The van der Waals surface area contributed by atoms with Gasteiger partial charge in [-0.05, 0) is 5.56 Å². The lowest BCUT2D eigenvalue weighted by atomic mass is 10.2. The third kappa shape index (κ3) is 2.54. The van der Waals surface area contributed by atoms with Crippen LogP contribution >= 0.6 is 12.6 Å². The van der Waals surface area contributed by atoms with Gasteiger partial charge in [0.2, 0.25) is 0 Å². The zero-order valence-electron chi connectivity index (χ0n) is 5.90. The lowest BCUT2D eigenvalue weighted by molar-refractivity contribution is -0.0551. The van der Waals surface area contributed by atoms with Crippen LogP contribution in [0.5, 0.6) is 0 Å². The van der Waals surface area contributed by atoms with Gasteiger partial charge in [-0.15, -0.1) is 0 Å². The van der Waals surface area contributed by atoms with Crippen molar-refractivity contribution in [3.8, 4) is 0 Å². The maximum atomic E-state index is 10.0. The second kappa shape index (κ2) is 4.38. The van der Waals surface area contributed by atoms with Crippen molar-refractivity contribution >= 4 is 12.6 Å². The van der Waals surface area contributed by atoms with Crippen molar-refractivity contribution < 1.29 is 9.84 Å². The maximum absolute atomic E-state index is 10.0. The Hall–Kier alpha value is -0.510. The molecule has 58 valence electrons. The van der Waals surface area contributed by atoms with Gasteiger partial charge < -0.3 is 4.74 Å². The molecule has 11 heavy (non-hydrogen) atoms. The third-order valence-corrected chi connectivity index (χ3v) is 1.70. The van der Waals surface area contributed by atoms with E-state index in [1.807, 2.05) is 30.3 Å². The van der Waals surface area contributed by atoms with Crippen molar-refractivity contribution in [1.82, 2.24) is 0 Å². The molecule has 0 aliphatic heterocycles. The van der Waals surface area contributed by atoms with E-state index in [1.54, 1.807) is 0 Å². The van der Waals surface area contributed by atoms with Gasteiger partial charge in [0.25, 0.3) is 0 Å². The molecule has 1 unspecified atom stereocenters. The summed E-state index contributed by atoms with van der Waals surface area (Å²) in [4.78, 5) is 0.